The van der Waals surface area contributed by atoms with Gasteiger partial charge in [-0.25, -0.2) is 10.0 Å². The molecule has 2 aromatic rings. The predicted octanol–water partition coefficient (Wildman–Crippen LogP) is 0.515. The molecule has 342 valence electrons. The first-order valence-corrected chi connectivity index (χ1v) is 20.6. The van der Waals surface area contributed by atoms with E-state index in [4.69, 9.17) is 0 Å². The van der Waals surface area contributed by atoms with Gasteiger partial charge in [0.15, 0.2) is 5.75 Å². The van der Waals surface area contributed by atoms with Crippen molar-refractivity contribution in [3.63, 3.8) is 0 Å². The number of hydrogen-bond acceptors (Lipinski definition) is 12. The number of benzene rings is 2. The van der Waals surface area contributed by atoms with Crippen LogP contribution >= 0.6 is 0 Å². The summed E-state index contributed by atoms with van der Waals surface area (Å²) in [6, 6.07) is -1.24. The number of aliphatic hydroxyl groups excluding tert-OH is 1. The monoisotopic (exact) mass is 871 g/mol. The number of carboxylic acids is 1. The van der Waals surface area contributed by atoms with Gasteiger partial charge in [-0.3, -0.25) is 28.8 Å². The Labute approximate surface area is 360 Å². The van der Waals surface area contributed by atoms with E-state index >= 15 is 0 Å². The first-order chi connectivity index (χ1) is 29.2. The molecule has 62 heavy (non-hydrogen) atoms. The number of nitrogens with zero attached hydrogens (tertiary/aromatic N) is 2. The molecule has 0 fully saturated rings. The molecule has 0 spiro atoms. The molecule has 3 rings (SSSR count). The van der Waals surface area contributed by atoms with Crippen molar-refractivity contribution in [3.8, 4) is 22.6 Å². The molecule has 0 radical (unpaired) electrons. The number of carboxylic acid groups (broad SMARTS) is 1. The molecule has 1 unspecified atom stereocenters. The maximum atomic E-state index is 13.9. The molecule has 1 aliphatic rings. The van der Waals surface area contributed by atoms with Gasteiger partial charge < -0.3 is 56.7 Å². The van der Waals surface area contributed by atoms with Crippen LogP contribution in [0.15, 0.2) is 30.3 Å². The van der Waals surface area contributed by atoms with Crippen molar-refractivity contribution >= 4 is 47.1 Å². The average molecular weight is 872 g/mol. The lowest BCUT2D eigenvalue weighted by molar-refractivity contribution is -0.991. The zero-order chi connectivity index (χ0) is 46.4. The summed E-state index contributed by atoms with van der Waals surface area (Å²) in [5.74, 6) is -6.82. The number of amides is 6. The Hall–Kier alpha value is -5.83. The number of fused-ring (bicyclic) bond motifs is 5. The standard InChI is InChI=1S/C42H61N7O13/c1-23(2)13-11-9-7-8-10-12-14-34(52)47(5)32(22-50)40(57)44-24(3)38(55)43-21-35(53)48(6)36-27-15-16-33(51)28(20-27)29-17-26(19-31(37(29)54)49(61)62)18-30(42(59)60)46-39(56)25(4)45-41(36)58/h15-17,19-20,23-25,30,32,36,49-51,54,61H,7-14,18,21-22H2,1-6H3,(H,43,55)(H,44,57)(H,45,58)(H,46,56)(H,59,60)/t24-,25+,30+,32-,36+/m1/s1. The summed E-state index contributed by atoms with van der Waals surface area (Å²) in [5.41, 5.74) is -1.01. The molecule has 1 heterocycles. The fourth-order valence-electron chi connectivity index (χ4n) is 6.99. The molecule has 10 N–H and O–H groups in total. The Balaban J connectivity index is 1.77. The largest absolute Gasteiger partial charge is 0.595 e. The maximum Gasteiger partial charge on any atom is 0.326 e. The number of aromatic hydroxyl groups is 2. The van der Waals surface area contributed by atoms with Crippen molar-refractivity contribution in [1.82, 2.24) is 31.1 Å². The molecule has 4 bridgehead atoms. The zero-order valence-corrected chi connectivity index (χ0v) is 36.0. The highest BCUT2D eigenvalue weighted by atomic mass is 16.8. The molecular formula is C42H61N7O13. The van der Waals surface area contributed by atoms with Crippen molar-refractivity contribution < 1.29 is 64.4 Å². The van der Waals surface area contributed by atoms with E-state index in [1.807, 2.05) is 0 Å². The summed E-state index contributed by atoms with van der Waals surface area (Å²) in [5, 5.41) is 71.7. The third-order valence-electron chi connectivity index (χ3n) is 10.8. The normalized spacial score (nSPS) is 18.0. The van der Waals surface area contributed by atoms with Crippen LogP contribution in [0.4, 0.5) is 5.69 Å². The minimum Gasteiger partial charge on any atom is -0.595 e. The number of carbonyl (C=O) groups is 7. The van der Waals surface area contributed by atoms with E-state index in [0.29, 0.717) is 12.3 Å². The van der Waals surface area contributed by atoms with Crippen LogP contribution in [0.3, 0.4) is 0 Å². The van der Waals surface area contributed by atoms with Gasteiger partial charge >= 0.3 is 5.97 Å². The molecule has 20 heteroatoms. The molecule has 0 aromatic heterocycles. The van der Waals surface area contributed by atoms with Crippen molar-refractivity contribution in [2.45, 2.75) is 116 Å². The van der Waals surface area contributed by atoms with Gasteiger partial charge in [0, 0.05) is 44.1 Å². The molecular weight excluding hydrogens is 810 g/mol. The number of rotatable bonds is 19. The van der Waals surface area contributed by atoms with Crippen molar-refractivity contribution in [3.05, 3.63) is 46.7 Å². The summed E-state index contributed by atoms with van der Waals surface area (Å²) in [4.78, 5) is 93.9. The van der Waals surface area contributed by atoms with Crippen molar-refractivity contribution in [2.24, 2.45) is 5.92 Å². The third-order valence-corrected chi connectivity index (χ3v) is 10.8. The minimum atomic E-state index is -1.62. The van der Waals surface area contributed by atoms with Gasteiger partial charge in [0.2, 0.25) is 41.1 Å². The molecule has 0 aliphatic carbocycles. The molecule has 0 saturated heterocycles. The van der Waals surface area contributed by atoms with Crippen LogP contribution in [0.5, 0.6) is 11.5 Å². The van der Waals surface area contributed by atoms with Crippen LogP contribution in [0.2, 0.25) is 0 Å². The second kappa shape index (κ2) is 23.4. The summed E-state index contributed by atoms with van der Waals surface area (Å²) in [7, 11) is 2.59. The second-order valence-electron chi connectivity index (χ2n) is 16.1. The third kappa shape index (κ3) is 13.8. The second-order valence-corrected chi connectivity index (χ2v) is 16.1. The lowest BCUT2D eigenvalue weighted by Gasteiger charge is -2.30. The van der Waals surface area contributed by atoms with Crippen LogP contribution in [-0.4, -0.2) is 128 Å². The highest BCUT2D eigenvalue weighted by Gasteiger charge is 2.34. The number of hydrogen-bond donors (Lipinski definition) is 10. The van der Waals surface area contributed by atoms with Crippen molar-refractivity contribution in [2.75, 3.05) is 27.2 Å². The van der Waals surface area contributed by atoms with Crippen LogP contribution in [0, 0.1) is 11.1 Å². The van der Waals surface area contributed by atoms with E-state index in [1.54, 1.807) is 0 Å². The Bertz CT molecular complexity index is 1940. The molecule has 6 atom stereocenters. The summed E-state index contributed by atoms with van der Waals surface area (Å²) in [6.07, 6.45) is 6.76. The van der Waals surface area contributed by atoms with Gasteiger partial charge in [0.1, 0.15) is 36.0 Å². The number of aliphatic carboxylic acids is 1. The minimum absolute atomic E-state index is 0.0127. The lowest BCUT2D eigenvalue weighted by atomic mass is 9.93. The van der Waals surface area contributed by atoms with E-state index in [9.17, 15) is 64.4 Å². The number of unbranched alkanes of at least 4 members (excludes halogenated alkanes) is 5. The van der Waals surface area contributed by atoms with E-state index in [-0.39, 0.29) is 34.6 Å². The molecule has 20 nitrogen and oxygen atoms in total. The predicted molar refractivity (Wildman–Crippen MR) is 223 cm³/mol. The van der Waals surface area contributed by atoms with E-state index in [1.165, 1.54) is 59.0 Å². The van der Waals surface area contributed by atoms with Gasteiger partial charge in [0.05, 0.1) is 13.2 Å². The Morgan fingerprint density at radius 2 is 1.53 bits per heavy atom. The number of aliphatic hydroxyl groups is 1. The number of nitrogens with one attached hydrogen (secondary N) is 5. The fourth-order valence-corrected chi connectivity index (χ4v) is 6.99. The molecule has 2 aromatic carbocycles. The van der Waals surface area contributed by atoms with E-state index in [2.05, 4.69) is 35.1 Å². The van der Waals surface area contributed by atoms with E-state index < -0.39 is 108 Å². The van der Waals surface area contributed by atoms with Gasteiger partial charge in [-0.1, -0.05) is 58.4 Å². The summed E-state index contributed by atoms with van der Waals surface area (Å²) >= 11 is 0. The number of phenols is 2. The average Bonchev–Trinajstić information content (AvgIpc) is 3.20. The topological polar surface area (TPSA) is 303 Å². The van der Waals surface area contributed by atoms with Gasteiger partial charge in [0.25, 0.3) is 0 Å². The van der Waals surface area contributed by atoms with Gasteiger partial charge in [-0.05, 0) is 55.5 Å². The Morgan fingerprint density at radius 3 is 2.15 bits per heavy atom. The SMILES string of the molecule is CC(C)CCCCCCCCC(=O)N(C)[C@H](CO)C(=O)N[C@H](C)C(=O)NCC(=O)N(C)[C@@H]1C(=O)N[C@@H](C)C(=O)N[C@H](C(=O)O)Cc2cc(c(O)c([NH+]([O-])O)c2)-c2cc1ccc2O. The fraction of sp³-hybridized carbons (Fsp3) is 0.548. The van der Waals surface area contributed by atoms with Gasteiger partial charge in [-0.2, -0.15) is 5.23 Å². The van der Waals surface area contributed by atoms with Gasteiger partial charge in [-0.15, -0.1) is 0 Å². The Kier molecular flexibility index (Phi) is 19.1. The molecule has 6 amide bonds. The first-order valence-electron chi connectivity index (χ1n) is 20.6. The number of likely N-dealkylation sites (N-methyl/N-ethyl adjacent to an activating group) is 2. The van der Waals surface area contributed by atoms with Crippen LogP contribution < -0.4 is 26.5 Å². The first kappa shape index (κ1) is 50.5. The highest BCUT2D eigenvalue weighted by molar-refractivity contribution is 5.96. The molecule has 1 aliphatic heterocycles. The quantitative estimate of drug-likeness (QED) is 0.0524. The van der Waals surface area contributed by atoms with Crippen molar-refractivity contribution in [1.29, 1.82) is 0 Å². The highest BCUT2D eigenvalue weighted by Crippen LogP contribution is 2.41. The zero-order valence-electron chi connectivity index (χ0n) is 36.0. The van der Waals surface area contributed by atoms with Crippen LogP contribution in [0.1, 0.15) is 96.2 Å². The Morgan fingerprint density at radius 1 is 0.887 bits per heavy atom. The van der Waals surface area contributed by atoms with E-state index in [0.717, 1.165) is 47.6 Å². The smallest absolute Gasteiger partial charge is 0.326 e. The lowest BCUT2D eigenvalue weighted by Crippen LogP contribution is -2.99. The summed E-state index contributed by atoms with van der Waals surface area (Å²) < 4.78 is 0. The van der Waals surface area contributed by atoms with Crippen LogP contribution in [0.25, 0.3) is 11.1 Å². The molecule has 0 saturated carbocycles. The maximum absolute atomic E-state index is 13.9. The van der Waals surface area contributed by atoms with Crippen LogP contribution in [-0.2, 0) is 40.0 Å². The summed E-state index contributed by atoms with van der Waals surface area (Å²) in [6.45, 7) is 5.54. The number of phenolic OH excluding ortho intramolecular Hbond substituents is 2. The number of quaternary nitrogens is 1. The number of carbonyl (C=O) groups excluding carboxylic acids is 6.